The molecule has 0 bridgehead atoms. The van der Waals surface area contributed by atoms with Gasteiger partial charge in [-0.05, 0) is 93.9 Å². The second-order valence-corrected chi connectivity index (χ2v) is 19.6. The number of nitrogens with zero attached hydrogens (tertiary/aromatic N) is 1. The van der Waals surface area contributed by atoms with Gasteiger partial charge in [-0.15, -0.1) is 0 Å². The van der Waals surface area contributed by atoms with Gasteiger partial charge < -0.3 is 33.2 Å². The van der Waals surface area contributed by atoms with E-state index in [0.29, 0.717) is 32.7 Å². The van der Waals surface area contributed by atoms with Crippen LogP contribution in [-0.4, -0.2) is 48.9 Å². The fourth-order valence-corrected chi connectivity index (χ4v) is 9.69. The monoisotopic (exact) mass is 1060 g/mol. The van der Waals surface area contributed by atoms with Crippen LogP contribution in [0, 0.1) is 5.92 Å². The number of methoxy groups -OCH3 is 1. The molecule has 0 N–H and O–H groups in total. The number of carbonyl (C=O) groups excluding carboxylic acids is 3. The Balaban J connectivity index is 0.995. The number of benzene rings is 9. The Kier molecular flexibility index (Phi) is 18.0. The van der Waals surface area contributed by atoms with Gasteiger partial charge in [0.2, 0.25) is 5.78 Å². The molecule has 0 aliphatic carbocycles. The summed E-state index contributed by atoms with van der Waals surface area (Å²) >= 11 is 0. The Morgan fingerprint density at radius 3 is 1.43 bits per heavy atom. The number of ketones is 1. The van der Waals surface area contributed by atoms with E-state index in [-0.39, 0.29) is 71.8 Å². The van der Waals surface area contributed by atoms with Crippen molar-refractivity contribution >= 4 is 17.7 Å². The van der Waals surface area contributed by atoms with Gasteiger partial charge >= 0.3 is 11.9 Å². The summed E-state index contributed by atoms with van der Waals surface area (Å²) in [6, 6.07) is 71.9. The summed E-state index contributed by atoms with van der Waals surface area (Å²) < 4.78 is 43.7. The first-order valence-electron chi connectivity index (χ1n) is 26.7. The molecule has 0 spiro atoms. The molecule has 0 saturated carbocycles. The number of carbonyl (C=O) groups is 3. The zero-order valence-corrected chi connectivity index (χ0v) is 44.5. The molecule has 1 heterocycles. The van der Waals surface area contributed by atoms with Crippen LogP contribution in [0.2, 0.25) is 0 Å². The first kappa shape index (κ1) is 53.9. The van der Waals surface area contributed by atoms with E-state index in [2.05, 4.69) is 29.2 Å². The minimum Gasteiger partial charge on any atom is -0.497 e. The second-order valence-electron chi connectivity index (χ2n) is 19.6. The topological polar surface area (TPSA) is 119 Å². The Bertz CT molecular complexity index is 3390. The summed E-state index contributed by atoms with van der Waals surface area (Å²) in [5.74, 6) is -0.319. The summed E-state index contributed by atoms with van der Waals surface area (Å²) in [7, 11) is 1.64. The average Bonchev–Trinajstić information content (AvgIpc) is 3.89. The molecule has 1 fully saturated rings. The number of esters is 2. The predicted octanol–water partition coefficient (Wildman–Crippen LogP) is 13.5. The Hall–Kier alpha value is -9.45. The molecule has 11 nitrogen and oxygen atoms in total. The molecular formula is C69H61NO10. The van der Waals surface area contributed by atoms with E-state index >= 15 is 9.59 Å². The fraction of sp³-hybridized carbons (Fsp3) is 0.174. The zero-order chi connectivity index (χ0) is 54.9. The van der Waals surface area contributed by atoms with Crippen molar-refractivity contribution in [1.82, 2.24) is 4.90 Å². The molecule has 80 heavy (non-hydrogen) atoms. The molecule has 0 amide bonds. The van der Waals surface area contributed by atoms with Gasteiger partial charge in [-0.2, -0.15) is 0 Å². The lowest BCUT2D eigenvalue weighted by molar-refractivity contribution is 0.0230. The predicted molar refractivity (Wildman–Crippen MR) is 306 cm³/mol. The highest BCUT2D eigenvalue weighted by Crippen LogP contribution is 2.39. The lowest BCUT2D eigenvalue weighted by Crippen LogP contribution is -2.28. The summed E-state index contributed by atoms with van der Waals surface area (Å²) in [6.45, 7) is 2.37. The molecule has 9 aromatic carbocycles. The number of hydrogen-bond acceptors (Lipinski definition) is 11. The van der Waals surface area contributed by atoms with Crippen LogP contribution in [0.25, 0.3) is 0 Å². The Morgan fingerprint density at radius 2 is 0.887 bits per heavy atom. The molecular weight excluding hydrogens is 1000 g/mol. The smallest absolute Gasteiger partial charge is 0.339 e. The van der Waals surface area contributed by atoms with Gasteiger partial charge in [-0.1, -0.05) is 182 Å². The molecule has 402 valence electrons. The van der Waals surface area contributed by atoms with Crippen LogP contribution in [0.4, 0.5) is 0 Å². The highest BCUT2D eigenvalue weighted by molar-refractivity contribution is 6.19. The van der Waals surface area contributed by atoms with Crippen molar-refractivity contribution in [2.45, 2.75) is 52.1 Å². The van der Waals surface area contributed by atoms with Crippen molar-refractivity contribution in [3.8, 4) is 28.7 Å². The molecule has 1 saturated heterocycles. The second kappa shape index (κ2) is 26.7. The summed E-state index contributed by atoms with van der Waals surface area (Å²) in [4.78, 5) is 47.5. The number of rotatable bonds is 24. The average molecular weight is 1060 g/mol. The quantitative estimate of drug-likeness (QED) is 0.0425. The van der Waals surface area contributed by atoms with Crippen molar-refractivity contribution in [1.29, 1.82) is 0 Å². The van der Waals surface area contributed by atoms with Gasteiger partial charge in [0, 0.05) is 25.6 Å². The van der Waals surface area contributed by atoms with Crippen molar-refractivity contribution < 1.29 is 47.5 Å². The standard InChI is InChI=1S/C69H61NO10/c1-74-58-34-32-55(33-35-58)44-75-59-36-30-49(31-37-59)38-57-42-70(41-50-18-7-2-8-19-50)43-64(57)80-68(72)56-39-62(77-46-52-22-11-4-12-23-52)66(63(40-56)78-47-53-24-13-5-14-25-53)67(71)65-60(69(73)79-48-54-26-15-6-16-27-54)28-17-29-61(65)76-45-51-20-9-3-10-21-51/h2-37,39-40,57,64H,38,41-48H2,1H3/t57-,64-/m1/s1. The third kappa shape index (κ3) is 14.4. The third-order valence-corrected chi connectivity index (χ3v) is 13.9. The van der Waals surface area contributed by atoms with E-state index < -0.39 is 23.8 Å². The number of likely N-dealkylation sites (tertiary alicyclic amines) is 1. The van der Waals surface area contributed by atoms with Crippen molar-refractivity contribution in [2.75, 3.05) is 20.2 Å². The van der Waals surface area contributed by atoms with Gasteiger partial charge in [0.1, 0.15) is 73.4 Å². The summed E-state index contributed by atoms with van der Waals surface area (Å²) in [6.07, 6.45) is 0.118. The van der Waals surface area contributed by atoms with Crippen LogP contribution in [-0.2, 0) is 55.5 Å². The van der Waals surface area contributed by atoms with E-state index in [4.69, 9.17) is 33.2 Å². The maximum atomic E-state index is 15.9. The van der Waals surface area contributed by atoms with Crippen LogP contribution in [0.3, 0.4) is 0 Å². The van der Waals surface area contributed by atoms with Gasteiger partial charge in [-0.25, -0.2) is 9.59 Å². The molecule has 11 heteroatoms. The fourth-order valence-electron chi connectivity index (χ4n) is 9.69. The van der Waals surface area contributed by atoms with Gasteiger partial charge in [0.15, 0.2) is 0 Å². The van der Waals surface area contributed by atoms with Crippen LogP contribution >= 0.6 is 0 Å². The molecule has 10 rings (SSSR count). The van der Waals surface area contributed by atoms with Crippen LogP contribution < -0.4 is 23.7 Å². The largest absolute Gasteiger partial charge is 0.497 e. The van der Waals surface area contributed by atoms with Crippen LogP contribution in [0.5, 0.6) is 28.7 Å². The van der Waals surface area contributed by atoms with E-state index in [1.165, 1.54) is 12.1 Å². The minimum atomic E-state index is -0.734. The van der Waals surface area contributed by atoms with Crippen LogP contribution in [0.1, 0.15) is 75.6 Å². The first-order valence-corrected chi connectivity index (χ1v) is 26.7. The summed E-state index contributed by atoms with van der Waals surface area (Å²) in [5.41, 5.74) is 6.50. The lowest BCUT2D eigenvalue weighted by atomic mass is 9.94. The summed E-state index contributed by atoms with van der Waals surface area (Å²) in [5, 5.41) is 0. The molecule has 0 unspecified atom stereocenters. The SMILES string of the molecule is COc1ccc(COc2ccc(C[C@@H]3CN(Cc4ccccc4)C[C@H]3OC(=O)c3cc(OCc4ccccc4)c(C(=O)c4c(OCc5ccccc5)cccc4C(=O)OCc4ccccc4)c(OCc4ccccc4)c3)cc2)cc1. The van der Waals surface area contributed by atoms with E-state index in [0.717, 1.165) is 50.4 Å². The van der Waals surface area contributed by atoms with Crippen molar-refractivity contribution in [3.63, 3.8) is 0 Å². The Labute approximate surface area is 466 Å². The van der Waals surface area contributed by atoms with Crippen molar-refractivity contribution in [2.24, 2.45) is 5.92 Å². The highest BCUT2D eigenvalue weighted by Gasteiger charge is 2.37. The highest BCUT2D eigenvalue weighted by atomic mass is 16.5. The molecule has 0 aromatic heterocycles. The maximum absolute atomic E-state index is 15.9. The number of hydrogen-bond donors (Lipinski definition) is 0. The molecule has 1 aliphatic heterocycles. The van der Waals surface area contributed by atoms with Gasteiger partial charge in [0.25, 0.3) is 0 Å². The van der Waals surface area contributed by atoms with Crippen molar-refractivity contribution in [3.05, 3.63) is 292 Å². The lowest BCUT2D eigenvalue weighted by Gasteiger charge is -2.22. The first-order chi connectivity index (χ1) is 39.3. The number of ether oxygens (including phenoxy) is 7. The molecule has 1 aliphatic rings. The van der Waals surface area contributed by atoms with E-state index in [1.807, 2.05) is 176 Å². The minimum absolute atomic E-state index is 0.0222. The van der Waals surface area contributed by atoms with Gasteiger partial charge in [-0.3, -0.25) is 9.69 Å². The van der Waals surface area contributed by atoms with Crippen LogP contribution in [0.15, 0.2) is 231 Å². The van der Waals surface area contributed by atoms with E-state index in [9.17, 15) is 4.79 Å². The molecule has 0 radical (unpaired) electrons. The zero-order valence-electron chi connectivity index (χ0n) is 44.5. The molecule has 9 aromatic rings. The third-order valence-electron chi connectivity index (χ3n) is 13.9. The Morgan fingerprint density at radius 1 is 0.425 bits per heavy atom. The van der Waals surface area contributed by atoms with E-state index in [1.54, 1.807) is 25.3 Å². The normalized spacial score (nSPS) is 13.9. The molecule has 2 atom stereocenters. The maximum Gasteiger partial charge on any atom is 0.339 e. The van der Waals surface area contributed by atoms with Gasteiger partial charge in [0.05, 0.1) is 23.8 Å².